The first-order valence-electron chi connectivity index (χ1n) is 6.95. The molecule has 0 amide bonds. The molecule has 0 aromatic heterocycles. The van der Waals surface area contributed by atoms with Crippen molar-refractivity contribution in [3.05, 3.63) is 0 Å². The van der Waals surface area contributed by atoms with E-state index in [9.17, 15) is 9.90 Å². The van der Waals surface area contributed by atoms with Gasteiger partial charge in [0.25, 0.3) is 0 Å². The Labute approximate surface area is 115 Å². The van der Waals surface area contributed by atoms with Crippen LogP contribution in [0, 0.1) is 5.41 Å². The van der Waals surface area contributed by atoms with Crippen LogP contribution in [0.2, 0.25) is 0 Å². The smallest absolute Gasteiger partial charge is 0.320 e. The van der Waals surface area contributed by atoms with Crippen LogP contribution in [-0.2, 0) is 4.79 Å². The molecule has 0 radical (unpaired) electrons. The first-order valence-corrected chi connectivity index (χ1v) is 8.00. The Morgan fingerprint density at radius 3 is 2.61 bits per heavy atom. The molecule has 0 aromatic rings. The lowest BCUT2D eigenvalue weighted by atomic mass is 9.88. The van der Waals surface area contributed by atoms with Crippen molar-refractivity contribution in [2.45, 2.75) is 70.7 Å². The lowest BCUT2D eigenvalue weighted by molar-refractivity contribution is -0.139. The number of carboxylic acid groups (broad SMARTS) is 1. The van der Waals surface area contributed by atoms with Crippen LogP contribution in [0.1, 0.15) is 53.4 Å². The molecule has 2 N–H and O–H groups in total. The second-order valence-corrected chi connectivity index (χ2v) is 7.56. The van der Waals surface area contributed by atoms with Gasteiger partial charge in [0.2, 0.25) is 0 Å². The number of hydrogen-bond acceptors (Lipinski definition) is 3. The largest absolute Gasteiger partial charge is 0.480 e. The Bertz CT molecular complexity index is 275. The van der Waals surface area contributed by atoms with E-state index in [1.165, 1.54) is 0 Å². The normalized spacial score (nSPS) is 26.2. The molecule has 1 aliphatic rings. The van der Waals surface area contributed by atoms with E-state index < -0.39 is 5.97 Å². The summed E-state index contributed by atoms with van der Waals surface area (Å²) < 4.78 is 0. The van der Waals surface area contributed by atoms with Crippen LogP contribution in [0.15, 0.2) is 0 Å². The predicted molar refractivity (Wildman–Crippen MR) is 78.2 cm³/mol. The van der Waals surface area contributed by atoms with Crippen molar-refractivity contribution < 1.29 is 9.90 Å². The van der Waals surface area contributed by atoms with Gasteiger partial charge >= 0.3 is 5.97 Å². The van der Waals surface area contributed by atoms with Crippen LogP contribution in [0.5, 0.6) is 0 Å². The fourth-order valence-electron chi connectivity index (χ4n) is 2.32. The van der Waals surface area contributed by atoms with Crippen LogP contribution in [0.4, 0.5) is 0 Å². The summed E-state index contributed by atoms with van der Waals surface area (Å²) in [6, 6.07) is -0.00792. The van der Waals surface area contributed by atoms with Gasteiger partial charge in [-0.3, -0.25) is 4.79 Å². The van der Waals surface area contributed by atoms with E-state index in [0.717, 1.165) is 31.4 Å². The van der Waals surface area contributed by atoms with Crippen LogP contribution >= 0.6 is 11.8 Å². The summed E-state index contributed by atoms with van der Waals surface area (Å²) in [4.78, 5) is 11.2. The molecule has 3 unspecified atom stereocenters. The lowest BCUT2D eigenvalue weighted by Gasteiger charge is -2.26. The number of hydrogen-bond donors (Lipinski definition) is 2. The second-order valence-electron chi connectivity index (χ2n) is 6.32. The standard InChI is InChI=1S/C14H27NO2S/c1-5-6-7-11(13(16)17)15-10-8-12(18-9-10)14(2,3)4/h10-12,15H,5-9H2,1-4H3,(H,16,17). The Morgan fingerprint density at radius 2 is 2.17 bits per heavy atom. The maximum absolute atomic E-state index is 11.2. The molecule has 3 nitrogen and oxygen atoms in total. The minimum absolute atomic E-state index is 0.309. The fraction of sp³-hybridized carbons (Fsp3) is 0.929. The summed E-state index contributed by atoms with van der Waals surface area (Å²) in [5.74, 6) is 0.338. The summed E-state index contributed by atoms with van der Waals surface area (Å²) in [5, 5.41) is 13.2. The summed E-state index contributed by atoms with van der Waals surface area (Å²) in [6.45, 7) is 8.89. The molecule has 0 aromatic carbocycles. The zero-order chi connectivity index (χ0) is 13.8. The Hall–Kier alpha value is -0.220. The molecule has 0 spiro atoms. The van der Waals surface area contributed by atoms with Gasteiger partial charge in [-0.1, -0.05) is 40.5 Å². The topological polar surface area (TPSA) is 49.3 Å². The van der Waals surface area contributed by atoms with Crippen molar-refractivity contribution in [1.82, 2.24) is 5.32 Å². The highest BCUT2D eigenvalue weighted by atomic mass is 32.2. The first-order chi connectivity index (χ1) is 8.34. The van der Waals surface area contributed by atoms with Gasteiger partial charge in [-0.15, -0.1) is 0 Å². The number of carboxylic acids is 1. The highest BCUT2D eigenvalue weighted by Crippen LogP contribution is 2.39. The third-order valence-electron chi connectivity index (χ3n) is 3.54. The van der Waals surface area contributed by atoms with Gasteiger partial charge in [-0.05, 0) is 18.3 Å². The molecule has 0 aliphatic carbocycles. The zero-order valence-corrected chi connectivity index (χ0v) is 12.8. The molecular weight excluding hydrogens is 246 g/mol. The number of rotatable bonds is 6. The fourth-order valence-corrected chi connectivity index (χ4v) is 3.88. The van der Waals surface area contributed by atoms with Crippen molar-refractivity contribution in [3.8, 4) is 0 Å². The highest BCUT2D eigenvalue weighted by Gasteiger charge is 2.35. The van der Waals surface area contributed by atoms with Gasteiger partial charge in [-0.2, -0.15) is 11.8 Å². The third-order valence-corrected chi connectivity index (χ3v) is 5.44. The Balaban J connectivity index is 2.44. The van der Waals surface area contributed by atoms with Crippen LogP contribution in [0.25, 0.3) is 0 Å². The van der Waals surface area contributed by atoms with Crippen molar-refractivity contribution in [2.75, 3.05) is 5.75 Å². The number of carbonyl (C=O) groups is 1. The van der Waals surface area contributed by atoms with Crippen LogP contribution in [0.3, 0.4) is 0 Å². The molecule has 4 heteroatoms. The van der Waals surface area contributed by atoms with E-state index in [4.69, 9.17) is 0 Å². The lowest BCUT2D eigenvalue weighted by Crippen LogP contribution is -2.44. The molecule has 106 valence electrons. The summed E-state index contributed by atoms with van der Waals surface area (Å²) >= 11 is 1.98. The van der Waals surface area contributed by atoms with Gasteiger partial charge < -0.3 is 10.4 Å². The van der Waals surface area contributed by atoms with E-state index in [-0.39, 0.29) is 6.04 Å². The summed E-state index contributed by atoms with van der Waals surface area (Å²) in [6.07, 6.45) is 3.86. The van der Waals surface area contributed by atoms with Crippen molar-refractivity contribution in [3.63, 3.8) is 0 Å². The predicted octanol–water partition coefficient (Wildman–Crippen LogP) is 3.14. The van der Waals surface area contributed by atoms with Crippen LogP contribution in [-0.4, -0.2) is 34.2 Å². The maximum atomic E-state index is 11.2. The van der Waals surface area contributed by atoms with Crippen molar-refractivity contribution >= 4 is 17.7 Å². The molecule has 0 saturated carbocycles. The van der Waals surface area contributed by atoms with E-state index in [2.05, 4.69) is 33.0 Å². The number of unbranched alkanes of at least 4 members (excludes halogenated alkanes) is 1. The number of nitrogens with one attached hydrogen (secondary N) is 1. The highest BCUT2D eigenvalue weighted by molar-refractivity contribution is 8.00. The van der Waals surface area contributed by atoms with Gasteiger partial charge in [0, 0.05) is 17.0 Å². The van der Waals surface area contributed by atoms with Crippen LogP contribution < -0.4 is 5.32 Å². The molecular formula is C14H27NO2S. The Morgan fingerprint density at radius 1 is 1.50 bits per heavy atom. The first kappa shape index (κ1) is 15.8. The molecule has 1 fully saturated rings. The monoisotopic (exact) mass is 273 g/mol. The number of aliphatic carboxylic acids is 1. The van der Waals surface area contributed by atoms with E-state index in [0.29, 0.717) is 16.7 Å². The molecule has 1 heterocycles. The van der Waals surface area contributed by atoms with E-state index in [1.54, 1.807) is 0 Å². The van der Waals surface area contributed by atoms with Crippen molar-refractivity contribution in [1.29, 1.82) is 0 Å². The van der Waals surface area contributed by atoms with Gasteiger partial charge in [0.05, 0.1) is 0 Å². The molecule has 3 atom stereocenters. The Kier molecular flexibility index (Phi) is 5.99. The summed E-state index contributed by atoms with van der Waals surface area (Å²) in [7, 11) is 0. The van der Waals surface area contributed by atoms with Gasteiger partial charge in [-0.25, -0.2) is 0 Å². The van der Waals surface area contributed by atoms with Gasteiger partial charge in [0.15, 0.2) is 0 Å². The average Bonchev–Trinajstić information content (AvgIpc) is 2.71. The molecule has 1 saturated heterocycles. The molecule has 18 heavy (non-hydrogen) atoms. The molecule has 0 bridgehead atoms. The van der Waals surface area contributed by atoms with Gasteiger partial charge in [0.1, 0.15) is 6.04 Å². The summed E-state index contributed by atoms with van der Waals surface area (Å²) in [5.41, 5.74) is 0.309. The SMILES string of the molecule is CCCCC(NC1CSC(C(C)(C)C)C1)C(=O)O. The van der Waals surface area contributed by atoms with Crippen molar-refractivity contribution in [2.24, 2.45) is 5.41 Å². The average molecular weight is 273 g/mol. The quantitative estimate of drug-likeness (QED) is 0.780. The second kappa shape index (κ2) is 6.80. The maximum Gasteiger partial charge on any atom is 0.320 e. The third kappa shape index (κ3) is 4.81. The minimum Gasteiger partial charge on any atom is -0.480 e. The molecule has 1 aliphatic heterocycles. The number of thioether (sulfide) groups is 1. The molecule has 1 rings (SSSR count). The minimum atomic E-state index is -0.701. The zero-order valence-electron chi connectivity index (χ0n) is 12.0. The van der Waals surface area contributed by atoms with E-state index >= 15 is 0 Å². The van der Waals surface area contributed by atoms with E-state index in [1.807, 2.05) is 11.8 Å².